The Bertz CT molecular complexity index is 263. The molecule has 0 saturated heterocycles. The summed E-state index contributed by atoms with van der Waals surface area (Å²) in [6, 6.07) is 0.819. The second-order valence-electron chi connectivity index (χ2n) is 7.74. The van der Waals surface area contributed by atoms with E-state index in [1.165, 1.54) is 77.0 Å². The molecule has 21 heavy (non-hydrogen) atoms. The van der Waals surface area contributed by atoms with E-state index in [9.17, 15) is 0 Å². The Balaban J connectivity index is 1.74. The quantitative estimate of drug-likeness (QED) is 0.519. The van der Waals surface area contributed by atoms with Crippen molar-refractivity contribution in [3.05, 3.63) is 0 Å². The lowest BCUT2D eigenvalue weighted by Gasteiger charge is -2.42. The van der Waals surface area contributed by atoms with Gasteiger partial charge in [-0.25, -0.2) is 0 Å². The van der Waals surface area contributed by atoms with Crippen LogP contribution < -0.4 is 5.32 Å². The summed E-state index contributed by atoms with van der Waals surface area (Å²) >= 11 is 0. The molecule has 0 spiro atoms. The Hall–Kier alpha value is -0.0400. The third-order valence-electron chi connectivity index (χ3n) is 6.23. The van der Waals surface area contributed by atoms with Crippen LogP contribution in [0.4, 0.5) is 0 Å². The Morgan fingerprint density at radius 3 is 2.38 bits per heavy atom. The Labute approximate surface area is 133 Å². The molecule has 1 N–H and O–H groups in total. The molecule has 2 aliphatic rings. The first-order valence-electron chi connectivity index (χ1n) is 10.1. The molecule has 2 aliphatic carbocycles. The van der Waals surface area contributed by atoms with Crippen LogP contribution in [-0.4, -0.2) is 12.6 Å². The fourth-order valence-electron chi connectivity index (χ4n) is 5.01. The van der Waals surface area contributed by atoms with Gasteiger partial charge in [0, 0.05) is 6.04 Å². The van der Waals surface area contributed by atoms with Crippen LogP contribution in [0, 0.1) is 17.8 Å². The zero-order valence-corrected chi connectivity index (χ0v) is 14.7. The van der Waals surface area contributed by atoms with Gasteiger partial charge in [0.25, 0.3) is 0 Å². The lowest BCUT2D eigenvalue weighted by Crippen LogP contribution is -2.41. The molecule has 4 unspecified atom stereocenters. The molecule has 0 aliphatic heterocycles. The number of unbranched alkanes of at least 4 members (excludes halogenated alkanes) is 4. The number of hydrogen-bond acceptors (Lipinski definition) is 1. The minimum Gasteiger partial charge on any atom is -0.314 e. The molecular formula is C20H39N. The van der Waals surface area contributed by atoms with Gasteiger partial charge in [-0.3, -0.25) is 0 Å². The zero-order chi connectivity index (χ0) is 14.9. The number of rotatable bonds is 9. The van der Waals surface area contributed by atoms with Gasteiger partial charge in [-0.2, -0.15) is 0 Å². The van der Waals surface area contributed by atoms with Crippen molar-refractivity contribution in [2.75, 3.05) is 6.54 Å². The van der Waals surface area contributed by atoms with Gasteiger partial charge in [0.2, 0.25) is 0 Å². The summed E-state index contributed by atoms with van der Waals surface area (Å²) in [5.41, 5.74) is 0. The van der Waals surface area contributed by atoms with Gasteiger partial charge in [-0.05, 0) is 50.0 Å². The monoisotopic (exact) mass is 293 g/mol. The van der Waals surface area contributed by atoms with Gasteiger partial charge in [0.15, 0.2) is 0 Å². The summed E-state index contributed by atoms with van der Waals surface area (Å²) in [7, 11) is 0. The molecule has 2 rings (SSSR count). The van der Waals surface area contributed by atoms with E-state index in [1.807, 2.05) is 0 Å². The average molecular weight is 294 g/mol. The predicted molar refractivity (Wildman–Crippen MR) is 93.6 cm³/mol. The Kier molecular flexibility index (Phi) is 8.14. The molecule has 0 heterocycles. The molecular weight excluding hydrogens is 254 g/mol. The van der Waals surface area contributed by atoms with Crippen LogP contribution in [0.25, 0.3) is 0 Å². The van der Waals surface area contributed by atoms with Crippen molar-refractivity contribution in [3.63, 3.8) is 0 Å². The smallest absolute Gasteiger partial charge is 0.00953 e. The molecule has 2 saturated carbocycles. The molecule has 0 aromatic carbocycles. The standard InChI is InChI=1S/C20H39N/c1-3-5-6-7-8-13-20(21-4-2)19-15-14-17-11-9-10-12-18(17)16-19/h17-21H,3-16H2,1-2H3. The highest BCUT2D eigenvalue weighted by Gasteiger charge is 2.34. The van der Waals surface area contributed by atoms with Crippen molar-refractivity contribution in [3.8, 4) is 0 Å². The average Bonchev–Trinajstić information content (AvgIpc) is 2.53. The third-order valence-corrected chi connectivity index (χ3v) is 6.23. The van der Waals surface area contributed by atoms with E-state index in [-0.39, 0.29) is 0 Å². The highest BCUT2D eigenvalue weighted by Crippen LogP contribution is 2.44. The SMILES string of the molecule is CCCCCCCC(NCC)C1CCC2CCCCC2C1. The molecule has 1 nitrogen and oxygen atoms in total. The van der Waals surface area contributed by atoms with Crippen LogP contribution in [0.3, 0.4) is 0 Å². The van der Waals surface area contributed by atoms with Crippen molar-refractivity contribution in [2.45, 2.75) is 103 Å². The van der Waals surface area contributed by atoms with Gasteiger partial charge in [0.1, 0.15) is 0 Å². The van der Waals surface area contributed by atoms with Gasteiger partial charge in [0.05, 0.1) is 0 Å². The highest BCUT2D eigenvalue weighted by atomic mass is 14.9. The van der Waals surface area contributed by atoms with E-state index in [2.05, 4.69) is 19.2 Å². The normalized spacial score (nSPS) is 30.9. The van der Waals surface area contributed by atoms with Crippen molar-refractivity contribution in [1.29, 1.82) is 0 Å². The number of nitrogens with one attached hydrogen (secondary N) is 1. The van der Waals surface area contributed by atoms with Crippen LogP contribution in [0.2, 0.25) is 0 Å². The van der Waals surface area contributed by atoms with E-state index in [0.717, 1.165) is 30.3 Å². The molecule has 124 valence electrons. The van der Waals surface area contributed by atoms with E-state index in [1.54, 1.807) is 6.42 Å². The van der Waals surface area contributed by atoms with E-state index < -0.39 is 0 Å². The predicted octanol–water partition coefficient (Wildman–Crippen LogP) is 5.93. The topological polar surface area (TPSA) is 12.0 Å². The summed E-state index contributed by atoms with van der Waals surface area (Å²) in [5, 5.41) is 3.84. The fraction of sp³-hybridized carbons (Fsp3) is 1.00. The van der Waals surface area contributed by atoms with Gasteiger partial charge in [-0.15, -0.1) is 0 Å². The lowest BCUT2D eigenvalue weighted by molar-refractivity contribution is 0.107. The van der Waals surface area contributed by atoms with Gasteiger partial charge in [-0.1, -0.05) is 71.6 Å². The van der Waals surface area contributed by atoms with Gasteiger partial charge >= 0.3 is 0 Å². The van der Waals surface area contributed by atoms with E-state index >= 15 is 0 Å². The summed E-state index contributed by atoms with van der Waals surface area (Å²) in [5.74, 6) is 3.16. The fourth-order valence-corrected chi connectivity index (χ4v) is 5.01. The molecule has 0 radical (unpaired) electrons. The number of hydrogen-bond donors (Lipinski definition) is 1. The summed E-state index contributed by atoms with van der Waals surface area (Å²) < 4.78 is 0. The van der Waals surface area contributed by atoms with Crippen molar-refractivity contribution in [1.82, 2.24) is 5.32 Å². The van der Waals surface area contributed by atoms with Crippen molar-refractivity contribution in [2.24, 2.45) is 17.8 Å². The van der Waals surface area contributed by atoms with Gasteiger partial charge < -0.3 is 5.32 Å². The van der Waals surface area contributed by atoms with Crippen LogP contribution in [0.1, 0.15) is 97.3 Å². The lowest BCUT2D eigenvalue weighted by atomic mass is 9.65. The van der Waals surface area contributed by atoms with Crippen LogP contribution in [0.15, 0.2) is 0 Å². The first kappa shape index (κ1) is 17.3. The molecule has 4 atom stereocenters. The second kappa shape index (κ2) is 9.87. The molecule has 2 fully saturated rings. The molecule has 0 aromatic rings. The highest BCUT2D eigenvalue weighted by molar-refractivity contribution is 4.88. The molecule has 0 amide bonds. The maximum absolute atomic E-state index is 3.84. The van der Waals surface area contributed by atoms with Crippen LogP contribution in [-0.2, 0) is 0 Å². The van der Waals surface area contributed by atoms with Crippen LogP contribution >= 0.6 is 0 Å². The minimum atomic E-state index is 0.819. The first-order chi connectivity index (χ1) is 10.3. The summed E-state index contributed by atoms with van der Waals surface area (Å²) in [4.78, 5) is 0. The summed E-state index contributed by atoms with van der Waals surface area (Å²) in [6.07, 6.45) is 19.3. The molecule has 0 aromatic heterocycles. The van der Waals surface area contributed by atoms with E-state index in [0.29, 0.717) is 0 Å². The summed E-state index contributed by atoms with van der Waals surface area (Å²) in [6.45, 7) is 5.75. The van der Waals surface area contributed by atoms with Crippen molar-refractivity contribution >= 4 is 0 Å². The third kappa shape index (κ3) is 5.58. The molecule has 1 heteroatoms. The van der Waals surface area contributed by atoms with E-state index in [4.69, 9.17) is 0 Å². The maximum atomic E-state index is 3.84. The van der Waals surface area contributed by atoms with Crippen LogP contribution in [0.5, 0.6) is 0 Å². The maximum Gasteiger partial charge on any atom is 0.00953 e. The minimum absolute atomic E-state index is 0.819. The number of fused-ring (bicyclic) bond motifs is 1. The first-order valence-corrected chi connectivity index (χ1v) is 10.1. The molecule has 0 bridgehead atoms. The zero-order valence-electron chi connectivity index (χ0n) is 14.7. The largest absolute Gasteiger partial charge is 0.314 e. The van der Waals surface area contributed by atoms with Crippen molar-refractivity contribution < 1.29 is 0 Å². The Morgan fingerprint density at radius 1 is 0.857 bits per heavy atom. The Morgan fingerprint density at radius 2 is 1.62 bits per heavy atom. The second-order valence-corrected chi connectivity index (χ2v) is 7.74.